The number of anilines is 1. The number of rotatable bonds is 6. The van der Waals surface area contributed by atoms with Gasteiger partial charge in [-0.15, -0.1) is 0 Å². The lowest BCUT2D eigenvalue weighted by Crippen LogP contribution is -2.36. The van der Waals surface area contributed by atoms with Gasteiger partial charge < -0.3 is 14.8 Å². The highest BCUT2D eigenvalue weighted by Gasteiger charge is 2.32. The first-order chi connectivity index (χ1) is 16.2. The van der Waals surface area contributed by atoms with E-state index in [4.69, 9.17) is 4.42 Å². The SMILES string of the molecule is CNC(=O)c1c(-c2ccc(F)cc2)oc2cc3c(cc12)C(C)N(CCCO)CCN3S(C)(=O)=O. The molecule has 182 valence electrons. The van der Waals surface area contributed by atoms with Crippen molar-refractivity contribution in [2.45, 2.75) is 19.4 Å². The number of nitrogens with one attached hydrogen (secondary N) is 1. The van der Waals surface area contributed by atoms with Gasteiger partial charge >= 0.3 is 0 Å². The highest BCUT2D eigenvalue weighted by molar-refractivity contribution is 7.92. The van der Waals surface area contributed by atoms with Crippen LogP contribution in [-0.2, 0) is 10.0 Å². The second-order valence-corrected chi connectivity index (χ2v) is 10.3. The number of benzene rings is 2. The van der Waals surface area contributed by atoms with Crippen LogP contribution in [-0.4, -0.2) is 63.9 Å². The van der Waals surface area contributed by atoms with E-state index in [1.165, 1.54) is 35.6 Å². The number of amides is 1. The summed E-state index contributed by atoms with van der Waals surface area (Å²) in [5.41, 5.74) is 2.43. The number of aliphatic hydroxyl groups is 1. The van der Waals surface area contributed by atoms with Crippen LogP contribution >= 0.6 is 0 Å². The molecule has 2 heterocycles. The molecule has 8 nitrogen and oxygen atoms in total. The smallest absolute Gasteiger partial charge is 0.255 e. The maximum absolute atomic E-state index is 13.5. The van der Waals surface area contributed by atoms with Crippen LogP contribution in [0.3, 0.4) is 0 Å². The van der Waals surface area contributed by atoms with Gasteiger partial charge in [0.05, 0.1) is 17.5 Å². The van der Waals surface area contributed by atoms with Crippen LogP contribution in [0.2, 0.25) is 0 Å². The monoisotopic (exact) mass is 489 g/mol. The topological polar surface area (TPSA) is 103 Å². The zero-order valence-corrected chi connectivity index (χ0v) is 20.2. The van der Waals surface area contributed by atoms with Crippen LogP contribution in [0.15, 0.2) is 40.8 Å². The van der Waals surface area contributed by atoms with E-state index < -0.39 is 15.8 Å². The van der Waals surface area contributed by atoms with Crippen LogP contribution in [0.5, 0.6) is 0 Å². The molecule has 0 bridgehead atoms. The number of furan rings is 1. The molecule has 1 aromatic heterocycles. The van der Waals surface area contributed by atoms with E-state index in [1.807, 2.05) is 13.0 Å². The lowest BCUT2D eigenvalue weighted by Gasteiger charge is -2.27. The Morgan fingerprint density at radius 2 is 1.94 bits per heavy atom. The first-order valence-electron chi connectivity index (χ1n) is 11.1. The Bertz CT molecular complexity index is 1320. The van der Waals surface area contributed by atoms with Gasteiger partial charge in [0.15, 0.2) is 0 Å². The molecule has 1 aliphatic heterocycles. The zero-order valence-electron chi connectivity index (χ0n) is 19.3. The molecule has 2 aromatic carbocycles. The van der Waals surface area contributed by atoms with Crippen molar-refractivity contribution in [1.29, 1.82) is 0 Å². The minimum absolute atomic E-state index is 0.0362. The molecular weight excluding hydrogens is 461 g/mol. The van der Waals surface area contributed by atoms with Gasteiger partial charge in [0.25, 0.3) is 5.91 Å². The van der Waals surface area contributed by atoms with Gasteiger partial charge in [-0.3, -0.25) is 14.0 Å². The summed E-state index contributed by atoms with van der Waals surface area (Å²) in [5.74, 6) is -0.490. The minimum Gasteiger partial charge on any atom is -0.455 e. The number of hydrogen-bond donors (Lipinski definition) is 2. The largest absolute Gasteiger partial charge is 0.455 e. The van der Waals surface area contributed by atoms with Gasteiger partial charge in [0.1, 0.15) is 17.2 Å². The third-order valence-corrected chi connectivity index (χ3v) is 7.44. The third kappa shape index (κ3) is 4.40. The average molecular weight is 490 g/mol. The molecule has 0 radical (unpaired) electrons. The maximum atomic E-state index is 13.5. The number of carbonyl (C=O) groups excluding carboxylic acids is 1. The minimum atomic E-state index is -3.59. The van der Waals surface area contributed by atoms with Crippen molar-refractivity contribution in [3.63, 3.8) is 0 Å². The van der Waals surface area contributed by atoms with E-state index in [9.17, 15) is 22.7 Å². The van der Waals surface area contributed by atoms with Crippen LogP contribution < -0.4 is 9.62 Å². The van der Waals surface area contributed by atoms with Crippen molar-refractivity contribution in [2.24, 2.45) is 0 Å². The number of nitrogens with zero attached hydrogens (tertiary/aromatic N) is 2. The number of aliphatic hydroxyl groups excluding tert-OH is 1. The van der Waals surface area contributed by atoms with Crippen molar-refractivity contribution in [3.8, 4) is 11.3 Å². The molecule has 10 heteroatoms. The molecule has 0 spiro atoms. The predicted octanol–water partition coefficient (Wildman–Crippen LogP) is 3.12. The lowest BCUT2D eigenvalue weighted by atomic mass is 9.99. The molecule has 0 fully saturated rings. The maximum Gasteiger partial charge on any atom is 0.255 e. The Morgan fingerprint density at radius 1 is 1.24 bits per heavy atom. The molecular formula is C24H28FN3O5S. The Kier molecular flexibility index (Phi) is 6.66. The number of fused-ring (bicyclic) bond motifs is 2. The van der Waals surface area contributed by atoms with Crippen molar-refractivity contribution >= 4 is 32.6 Å². The Morgan fingerprint density at radius 3 is 2.56 bits per heavy atom. The first-order valence-corrected chi connectivity index (χ1v) is 12.9. The van der Waals surface area contributed by atoms with E-state index in [-0.39, 0.29) is 30.9 Å². The molecule has 1 aliphatic rings. The lowest BCUT2D eigenvalue weighted by molar-refractivity contribution is 0.0964. The number of hydrogen-bond acceptors (Lipinski definition) is 6. The molecule has 1 atom stereocenters. The van der Waals surface area contributed by atoms with E-state index in [0.717, 1.165) is 11.8 Å². The molecule has 34 heavy (non-hydrogen) atoms. The molecule has 0 saturated carbocycles. The molecule has 0 aliphatic carbocycles. The average Bonchev–Trinajstić information content (AvgIpc) is 3.10. The van der Waals surface area contributed by atoms with Gasteiger partial charge in [0.2, 0.25) is 10.0 Å². The van der Waals surface area contributed by atoms with Crippen molar-refractivity contribution < 1.29 is 27.1 Å². The van der Waals surface area contributed by atoms with Crippen molar-refractivity contribution in [2.75, 3.05) is 43.8 Å². The molecule has 2 N–H and O–H groups in total. The summed E-state index contributed by atoms with van der Waals surface area (Å²) in [6, 6.07) is 8.96. The molecule has 0 saturated heterocycles. The highest BCUT2D eigenvalue weighted by atomic mass is 32.2. The third-order valence-electron chi connectivity index (χ3n) is 6.26. The summed E-state index contributed by atoms with van der Waals surface area (Å²) in [6.45, 7) is 3.36. The summed E-state index contributed by atoms with van der Waals surface area (Å²) in [5, 5.41) is 12.5. The number of halogens is 1. The van der Waals surface area contributed by atoms with Crippen LogP contribution in [0, 0.1) is 5.82 Å². The fraction of sp³-hybridized carbons (Fsp3) is 0.375. The highest BCUT2D eigenvalue weighted by Crippen LogP contribution is 2.42. The normalized spacial score (nSPS) is 17.0. The van der Waals surface area contributed by atoms with Crippen molar-refractivity contribution in [3.05, 3.63) is 53.3 Å². The molecule has 1 amide bonds. The van der Waals surface area contributed by atoms with Gasteiger partial charge in [-0.25, -0.2) is 12.8 Å². The van der Waals surface area contributed by atoms with Gasteiger partial charge in [0, 0.05) is 56.3 Å². The summed E-state index contributed by atoms with van der Waals surface area (Å²) < 4.78 is 46.3. The fourth-order valence-corrected chi connectivity index (χ4v) is 5.44. The number of carbonyl (C=O) groups is 1. The number of sulfonamides is 1. The predicted molar refractivity (Wildman–Crippen MR) is 129 cm³/mol. The first kappa shape index (κ1) is 24.2. The summed E-state index contributed by atoms with van der Waals surface area (Å²) in [4.78, 5) is 15.0. The van der Waals surface area contributed by atoms with Crippen LogP contribution in [0.4, 0.5) is 10.1 Å². The van der Waals surface area contributed by atoms with E-state index in [1.54, 1.807) is 6.07 Å². The summed E-state index contributed by atoms with van der Waals surface area (Å²) >= 11 is 0. The molecule has 1 unspecified atom stereocenters. The van der Waals surface area contributed by atoms with Crippen molar-refractivity contribution in [1.82, 2.24) is 10.2 Å². The van der Waals surface area contributed by atoms with Crippen LogP contribution in [0.1, 0.15) is 35.3 Å². The quantitative estimate of drug-likeness (QED) is 0.552. The standard InChI is InChI=1S/C24H28FN3O5S/c1-15-18-13-19-21(14-20(18)28(34(3,31)32)11-10-27(15)9-4-12-29)33-23(22(19)24(30)26-2)16-5-7-17(25)8-6-16/h5-8,13-15,29H,4,9-12H2,1-3H3,(H,26,30). The van der Waals surface area contributed by atoms with Gasteiger partial charge in [-0.1, -0.05) is 0 Å². The Hall–Kier alpha value is -2.95. The summed E-state index contributed by atoms with van der Waals surface area (Å²) in [6.07, 6.45) is 1.72. The van der Waals surface area contributed by atoms with Gasteiger partial charge in [-0.05, 0) is 49.2 Å². The van der Waals surface area contributed by atoms with Gasteiger partial charge in [-0.2, -0.15) is 0 Å². The summed E-state index contributed by atoms with van der Waals surface area (Å²) in [7, 11) is -2.07. The molecule has 4 rings (SSSR count). The second kappa shape index (κ2) is 9.36. The van der Waals surface area contributed by atoms with Crippen LogP contribution in [0.25, 0.3) is 22.3 Å². The fourth-order valence-electron chi connectivity index (χ4n) is 4.51. The van der Waals surface area contributed by atoms with E-state index in [2.05, 4.69) is 10.2 Å². The Balaban J connectivity index is 1.98. The van der Waals surface area contributed by atoms with E-state index in [0.29, 0.717) is 47.3 Å². The second-order valence-electron chi connectivity index (χ2n) is 8.42. The Labute approximate surface area is 198 Å². The molecule has 3 aromatic rings. The van der Waals surface area contributed by atoms with E-state index >= 15 is 0 Å². The zero-order chi connectivity index (χ0) is 24.6.